The van der Waals surface area contributed by atoms with Crippen molar-refractivity contribution in [2.24, 2.45) is 0 Å². The Balaban J connectivity index is 1.67. The van der Waals surface area contributed by atoms with Crippen molar-refractivity contribution in [3.05, 3.63) is 81.9 Å². The number of aliphatic hydroxyl groups is 1. The number of aromatic nitrogens is 1. The van der Waals surface area contributed by atoms with Crippen molar-refractivity contribution in [3.63, 3.8) is 0 Å². The van der Waals surface area contributed by atoms with Crippen molar-refractivity contribution in [1.82, 2.24) is 4.98 Å². The molecule has 0 bridgehead atoms. The molecule has 0 fully saturated rings. The van der Waals surface area contributed by atoms with E-state index < -0.39 is 29.3 Å². The van der Waals surface area contributed by atoms with Crippen LogP contribution < -0.4 is 4.90 Å². The van der Waals surface area contributed by atoms with Crippen molar-refractivity contribution in [2.45, 2.75) is 6.04 Å². The fourth-order valence-corrected chi connectivity index (χ4v) is 4.98. The van der Waals surface area contributed by atoms with Gasteiger partial charge in [0, 0.05) is 0 Å². The molecule has 4 heterocycles. The predicted molar refractivity (Wildman–Crippen MR) is 107 cm³/mol. The van der Waals surface area contributed by atoms with E-state index in [1.165, 1.54) is 40.7 Å². The van der Waals surface area contributed by atoms with Crippen LogP contribution in [0.5, 0.6) is 0 Å². The number of thiophene rings is 1. The number of furan rings is 1. The maximum Gasteiger partial charge on any atom is 0.296 e. The summed E-state index contributed by atoms with van der Waals surface area (Å²) in [6, 6.07) is 9.74. The summed E-state index contributed by atoms with van der Waals surface area (Å²) in [6.07, 6.45) is 1.42. The third-order valence-electron chi connectivity index (χ3n) is 4.56. The number of hydrogen-bond acceptors (Lipinski definition) is 7. The molecule has 9 heteroatoms. The summed E-state index contributed by atoms with van der Waals surface area (Å²) in [5, 5.41) is 12.6. The molecule has 1 atom stereocenters. The van der Waals surface area contributed by atoms with Crippen molar-refractivity contribution < 1.29 is 23.5 Å². The first kappa shape index (κ1) is 17.8. The number of hydrogen-bond donors (Lipinski definition) is 1. The fourth-order valence-electron chi connectivity index (χ4n) is 3.28. The SMILES string of the molecule is O=C(C1=C(O)C(=O)N(c2nc3ccc(F)cc3s2)C1c1ccco1)c1cccs1. The number of Topliss-reactive ketones (excluding diaryl/α,β-unsaturated/α-hetero) is 1. The van der Waals surface area contributed by atoms with E-state index in [-0.39, 0.29) is 10.7 Å². The number of benzene rings is 1. The molecule has 1 unspecified atom stereocenters. The number of halogens is 1. The highest BCUT2D eigenvalue weighted by atomic mass is 32.1. The third-order valence-corrected chi connectivity index (χ3v) is 6.44. The Bertz CT molecular complexity index is 1280. The number of amides is 1. The average Bonchev–Trinajstić information content (AvgIpc) is 3.49. The number of nitrogens with zero attached hydrogens (tertiary/aromatic N) is 2. The zero-order valence-electron chi connectivity index (χ0n) is 14.5. The van der Waals surface area contributed by atoms with Crippen LogP contribution in [0.1, 0.15) is 21.5 Å². The molecule has 0 radical (unpaired) electrons. The summed E-state index contributed by atoms with van der Waals surface area (Å²) >= 11 is 2.31. The van der Waals surface area contributed by atoms with Gasteiger partial charge in [-0.05, 0) is 41.8 Å². The molecule has 0 aliphatic carbocycles. The first-order valence-electron chi connectivity index (χ1n) is 8.49. The van der Waals surface area contributed by atoms with Gasteiger partial charge in [-0.1, -0.05) is 17.4 Å². The summed E-state index contributed by atoms with van der Waals surface area (Å²) < 4.78 is 19.6. The lowest BCUT2D eigenvalue weighted by Crippen LogP contribution is -2.30. The van der Waals surface area contributed by atoms with E-state index in [1.807, 2.05) is 0 Å². The number of carbonyl (C=O) groups excluding carboxylic acids is 2. The Morgan fingerprint density at radius 3 is 2.83 bits per heavy atom. The molecule has 0 saturated carbocycles. The number of carbonyl (C=O) groups is 2. The van der Waals surface area contributed by atoms with Gasteiger partial charge in [-0.25, -0.2) is 9.37 Å². The zero-order valence-corrected chi connectivity index (χ0v) is 16.2. The smallest absolute Gasteiger partial charge is 0.296 e. The van der Waals surface area contributed by atoms with Gasteiger partial charge in [0.1, 0.15) is 17.6 Å². The summed E-state index contributed by atoms with van der Waals surface area (Å²) in [6.45, 7) is 0. The van der Waals surface area contributed by atoms with Crippen molar-refractivity contribution in [1.29, 1.82) is 0 Å². The number of aliphatic hydroxyl groups excluding tert-OH is 1. The van der Waals surface area contributed by atoms with E-state index >= 15 is 0 Å². The highest BCUT2D eigenvalue weighted by molar-refractivity contribution is 7.22. The average molecular weight is 426 g/mol. The zero-order chi connectivity index (χ0) is 20.1. The Labute approximate surface area is 171 Å². The molecule has 1 aliphatic heterocycles. The highest BCUT2D eigenvalue weighted by Gasteiger charge is 2.47. The molecule has 3 aromatic heterocycles. The molecule has 1 N–H and O–H groups in total. The Kier molecular flexibility index (Phi) is 4.07. The van der Waals surface area contributed by atoms with E-state index in [2.05, 4.69) is 4.98 Å². The largest absolute Gasteiger partial charge is 0.503 e. The molecule has 0 saturated heterocycles. The van der Waals surface area contributed by atoms with E-state index in [0.29, 0.717) is 20.9 Å². The lowest BCUT2D eigenvalue weighted by atomic mass is 10.0. The molecule has 1 aliphatic rings. The van der Waals surface area contributed by atoms with Crippen molar-refractivity contribution >= 4 is 49.7 Å². The van der Waals surface area contributed by atoms with Gasteiger partial charge in [0.15, 0.2) is 10.9 Å². The van der Waals surface area contributed by atoms with Crippen LogP contribution in [0.3, 0.4) is 0 Å². The van der Waals surface area contributed by atoms with Crippen LogP contribution >= 0.6 is 22.7 Å². The van der Waals surface area contributed by atoms with Crippen LogP contribution in [0.25, 0.3) is 10.2 Å². The molecule has 1 aromatic carbocycles. The second-order valence-corrected chi connectivity index (χ2v) is 8.23. The molecule has 144 valence electrons. The summed E-state index contributed by atoms with van der Waals surface area (Å²) in [7, 11) is 0. The van der Waals surface area contributed by atoms with Crippen LogP contribution in [0.4, 0.5) is 9.52 Å². The molecule has 5 rings (SSSR count). The Morgan fingerprint density at radius 2 is 2.10 bits per heavy atom. The first-order valence-corrected chi connectivity index (χ1v) is 10.2. The number of thiazole rings is 1. The van der Waals surface area contributed by atoms with Gasteiger partial charge in [-0.15, -0.1) is 11.3 Å². The Hall–Kier alpha value is -3.30. The van der Waals surface area contributed by atoms with Crippen LogP contribution in [-0.4, -0.2) is 21.8 Å². The second-order valence-electron chi connectivity index (χ2n) is 6.27. The minimum absolute atomic E-state index is 0.0714. The molecule has 29 heavy (non-hydrogen) atoms. The van der Waals surface area contributed by atoms with Gasteiger partial charge >= 0.3 is 0 Å². The minimum atomic E-state index is -0.975. The summed E-state index contributed by atoms with van der Waals surface area (Å²) in [4.78, 5) is 32.0. The highest BCUT2D eigenvalue weighted by Crippen LogP contribution is 2.44. The normalized spacial score (nSPS) is 16.9. The molecular weight excluding hydrogens is 415 g/mol. The van der Waals surface area contributed by atoms with Crippen LogP contribution in [0.2, 0.25) is 0 Å². The lowest BCUT2D eigenvalue weighted by Gasteiger charge is -2.21. The Morgan fingerprint density at radius 1 is 1.24 bits per heavy atom. The van der Waals surface area contributed by atoms with Gasteiger partial charge in [0.2, 0.25) is 5.78 Å². The summed E-state index contributed by atoms with van der Waals surface area (Å²) in [5.74, 6) is -1.96. The fraction of sp³-hybridized carbons (Fsp3) is 0.0500. The van der Waals surface area contributed by atoms with E-state index in [0.717, 1.165) is 11.3 Å². The van der Waals surface area contributed by atoms with Gasteiger partial charge < -0.3 is 9.52 Å². The second kappa shape index (κ2) is 6.64. The molecule has 6 nitrogen and oxygen atoms in total. The van der Waals surface area contributed by atoms with Gasteiger partial charge in [0.25, 0.3) is 5.91 Å². The third kappa shape index (κ3) is 2.78. The van der Waals surface area contributed by atoms with E-state index in [1.54, 1.807) is 29.6 Å². The first-order chi connectivity index (χ1) is 14.0. The van der Waals surface area contributed by atoms with Crippen molar-refractivity contribution in [3.8, 4) is 0 Å². The number of fused-ring (bicyclic) bond motifs is 1. The molecular formula is C20H11FN2O4S2. The maximum absolute atomic E-state index is 13.6. The molecule has 4 aromatic rings. The number of rotatable bonds is 4. The topological polar surface area (TPSA) is 83.6 Å². The van der Waals surface area contributed by atoms with Gasteiger partial charge in [-0.2, -0.15) is 0 Å². The summed E-state index contributed by atoms with van der Waals surface area (Å²) in [5.41, 5.74) is 0.438. The van der Waals surface area contributed by atoms with Crippen LogP contribution in [0.15, 0.2) is 69.9 Å². The van der Waals surface area contributed by atoms with Crippen LogP contribution in [0, 0.1) is 5.82 Å². The monoisotopic (exact) mass is 426 g/mol. The number of ketones is 1. The van der Waals surface area contributed by atoms with E-state index in [9.17, 15) is 19.1 Å². The standard InChI is InChI=1S/C20H11FN2O4S2/c21-10-5-6-11-14(9-10)29-20(22-11)23-16(12-3-1-7-27-12)15(18(25)19(23)26)17(24)13-4-2-8-28-13/h1-9,16,25H. The van der Waals surface area contributed by atoms with E-state index in [4.69, 9.17) is 4.42 Å². The quantitative estimate of drug-likeness (QED) is 0.471. The van der Waals surface area contributed by atoms with Crippen molar-refractivity contribution in [2.75, 3.05) is 4.90 Å². The predicted octanol–water partition coefficient (Wildman–Crippen LogP) is 4.87. The maximum atomic E-state index is 13.6. The minimum Gasteiger partial charge on any atom is -0.503 e. The lowest BCUT2D eigenvalue weighted by molar-refractivity contribution is -0.117. The molecule has 1 amide bonds. The van der Waals surface area contributed by atoms with Gasteiger partial charge in [0.05, 0.1) is 26.9 Å². The number of anilines is 1. The molecule has 0 spiro atoms. The van der Waals surface area contributed by atoms with Crippen LogP contribution in [-0.2, 0) is 4.79 Å². The van der Waals surface area contributed by atoms with Gasteiger partial charge in [-0.3, -0.25) is 14.5 Å².